The first-order valence-corrected chi connectivity index (χ1v) is 10.4. The lowest BCUT2D eigenvalue weighted by Gasteiger charge is -2.28. The predicted molar refractivity (Wildman–Crippen MR) is 121 cm³/mol. The van der Waals surface area contributed by atoms with E-state index in [-0.39, 0.29) is 11.5 Å². The molecular formula is C27H21N3O2. The number of rotatable bonds is 5. The van der Waals surface area contributed by atoms with Crippen LogP contribution in [0.3, 0.4) is 0 Å². The molecule has 5 heteroatoms. The second-order valence-electron chi connectivity index (χ2n) is 7.58. The molecule has 0 bridgehead atoms. The van der Waals surface area contributed by atoms with E-state index in [0.717, 1.165) is 23.1 Å². The third-order valence-electron chi connectivity index (χ3n) is 5.45. The third-order valence-corrected chi connectivity index (χ3v) is 5.45. The minimum atomic E-state index is -0.247. The van der Waals surface area contributed by atoms with Crippen molar-refractivity contribution >= 4 is 12.0 Å². The van der Waals surface area contributed by atoms with Crippen LogP contribution in [-0.4, -0.2) is 17.4 Å². The van der Waals surface area contributed by atoms with E-state index in [1.54, 1.807) is 23.1 Å². The number of carbonyl (C=O) groups is 1. The number of hydrogen-bond acceptors (Lipinski definition) is 4. The summed E-state index contributed by atoms with van der Waals surface area (Å²) in [6, 6.07) is 26.8. The molecule has 1 heterocycles. The number of nitriles is 2. The maximum absolute atomic E-state index is 12.9. The Morgan fingerprint density at radius 2 is 1.69 bits per heavy atom. The Labute approximate surface area is 187 Å². The van der Waals surface area contributed by atoms with Crippen molar-refractivity contribution in [3.05, 3.63) is 106 Å². The number of hydrogen-bond donors (Lipinski definition) is 0. The summed E-state index contributed by atoms with van der Waals surface area (Å²) in [5.74, 6) is 0.437. The molecule has 32 heavy (non-hydrogen) atoms. The molecule has 0 radical (unpaired) electrons. The lowest BCUT2D eigenvalue weighted by molar-refractivity contribution is -0.127. The van der Waals surface area contributed by atoms with Crippen LogP contribution in [0.25, 0.3) is 6.08 Å². The van der Waals surface area contributed by atoms with Crippen LogP contribution in [0.15, 0.2) is 78.4 Å². The average molecular weight is 419 g/mol. The van der Waals surface area contributed by atoms with Gasteiger partial charge in [0.15, 0.2) is 0 Å². The Balaban J connectivity index is 1.40. The zero-order chi connectivity index (χ0) is 22.3. The molecule has 1 aliphatic heterocycles. The van der Waals surface area contributed by atoms with E-state index in [0.29, 0.717) is 31.0 Å². The van der Waals surface area contributed by atoms with E-state index < -0.39 is 0 Å². The van der Waals surface area contributed by atoms with Crippen molar-refractivity contribution in [2.75, 3.05) is 6.54 Å². The largest absolute Gasteiger partial charge is 0.489 e. The molecule has 0 atom stereocenters. The Morgan fingerprint density at radius 1 is 0.969 bits per heavy atom. The quantitative estimate of drug-likeness (QED) is 0.446. The fraction of sp³-hybridized carbons (Fsp3) is 0.148. The molecule has 0 saturated heterocycles. The summed E-state index contributed by atoms with van der Waals surface area (Å²) in [4.78, 5) is 14.6. The normalized spacial score (nSPS) is 12.9. The molecule has 1 amide bonds. The summed E-state index contributed by atoms with van der Waals surface area (Å²) in [6.45, 7) is 1.52. The number of fused-ring (bicyclic) bond motifs is 1. The van der Waals surface area contributed by atoms with Gasteiger partial charge in [-0.2, -0.15) is 10.5 Å². The van der Waals surface area contributed by atoms with Gasteiger partial charge in [-0.1, -0.05) is 48.5 Å². The highest BCUT2D eigenvalue weighted by atomic mass is 16.5. The Kier molecular flexibility index (Phi) is 6.30. The fourth-order valence-corrected chi connectivity index (χ4v) is 3.65. The monoisotopic (exact) mass is 419 g/mol. The zero-order valence-electron chi connectivity index (χ0n) is 17.5. The topological polar surface area (TPSA) is 77.1 Å². The molecular weight excluding hydrogens is 398 g/mol. The van der Waals surface area contributed by atoms with Crippen molar-refractivity contribution in [2.45, 2.75) is 19.6 Å². The highest BCUT2D eigenvalue weighted by Crippen LogP contribution is 2.21. The average Bonchev–Trinajstić information content (AvgIpc) is 2.86. The van der Waals surface area contributed by atoms with Gasteiger partial charge < -0.3 is 9.64 Å². The van der Waals surface area contributed by atoms with Crippen molar-refractivity contribution in [1.29, 1.82) is 10.5 Å². The number of benzene rings is 3. The molecule has 1 aliphatic rings. The number of carbonyl (C=O) groups excluding carboxylic acids is 1. The fourth-order valence-electron chi connectivity index (χ4n) is 3.65. The van der Waals surface area contributed by atoms with Crippen molar-refractivity contribution in [3.8, 4) is 17.9 Å². The van der Waals surface area contributed by atoms with Crippen LogP contribution in [0.1, 0.15) is 27.8 Å². The number of nitrogens with zero attached hydrogens (tertiary/aromatic N) is 3. The minimum absolute atomic E-state index is 0.121. The molecule has 3 aromatic rings. The molecule has 0 N–H and O–H groups in total. The van der Waals surface area contributed by atoms with Gasteiger partial charge in [-0.3, -0.25) is 4.79 Å². The van der Waals surface area contributed by atoms with Gasteiger partial charge in [0.1, 0.15) is 24.0 Å². The van der Waals surface area contributed by atoms with E-state index in [2.05, 4.69) is 18.2 Å². The van der Waals surface area contributed by atoms with Gasteiger partial charge >= 0.3 is 0 Å². The molecule has 0 spiro atoms. The molecule has 4 rings (SSSR count). The standard InChI is InChI=1S/C27H21N3O2/c28-16-21-5-7-22(8-6-21)19-32-26-11-9-20(10-12-26)15-25(17-29)27(31)30-14-13-23-3-1-2-4-24(23)18-30/h1-12,15H,13-14,18-19H2. The van der Waals surface area contributed by atoms with Crippen LogP contribution in [0.5, 0.6) is 5.75 Å². The minimum Gasteiger partial charge on any atom is -0.489 e. The SMILES string of the molecule is N#CC(=Cc1ccc(OCc2ccc(C#N)cc2)cc1)C(=O)N1CCc2ccccc2C1. The number of amides is 1. The summed E-state index contributed by atoms with van der Waals surface area (Å²) in [6.07, 6.45) is 2.42. The van der Waals surface area contributed by atoms with Gasteiger partial charge in [0, 0.05) is 13.1 Å². The molecule has 0 aliphatic carbocycles. The summed E-state index contributed by atoms with van der Waals surface area (Å²) < 4.78 is 5.78. The van der Waals surface area contributed by atoms with E-state index in [1.165, 1.54) is 5.56 Å². The molecule has 0 aromatic heterocycles. The lowest BCUT2D eigenvalue weighted by atomic mass is 9.99. The zero-order valence-corrected chi connectivity index (χ0v) is 17.5. The first kappa shape index (κ1) is 20.9. The predicted octanol–water partition coefficient (Wildman–Crippen LogP) is 4.63. The Morgan fingerprint density at radius 3 is 2.38 bits per heavy atom. The van der Waals surface area contributed by atoms with Crippen LogP contribution >= 0.6 is 0 Å². The van der Waals surface area contributed by atoms with Gasteiger partial charge in [0.2, 0.25) is 0 Å². The lowest BCUT2D eigenvalue weighted by Crippen LogP contribution is -2.36. The summed E-state index contributed by atoms with van der Waals surface area (Å²) in [5.41, 5.74) is 4.85. The third kappa shape index (κ3) is 4.86. The highest BCUT2D eigenvalue weighted by molar-refractivity contribution is 6.01. The van der Waals surface area contributed by atoms with Crippen LogP contribution < -0.4 is 4.74 Å². The summed E-state index contributed by atoms with van der Waals surface area (Å²) in [7, 11) is 0. The van der Waals surface area contributed by atoms with E-state index in [4.69, 9.17) is 10.00 Å². The van der Waals surface area contributed by atoms with E-state index in [1.807, 2.05) is 54.6 Å². The van der Waals surface area contributed by atoms with Crippen molar-refractivity contribution in [1.82, 2.24) is 4.90 Å². The molecule has 5 nitrogen and oxygen atoms in total. The molecule has 0 unspecified atom stereocenters. The van der Waals surface area contributed by atoms with Crippen LogP contribution in [0.2, 0.25) is 0 Å². The van der Waals surface area contributed by atoms with E-state index >= 15 is 0 Å². The summed E-state index contributed by atoms with van der Waals surface area (Å²) >= 11 is 0. The molecule has 0 fully saturated rings. The van der Waals surface area contributed by atoms with Crippen LogP contribution in [0.4, 0.5) is 0 Å². The number of ether oxygens (including phenoxy) is 1. The maximum atomic E-state index is 12.9. The van der Waals surface area contributed by atoms with Crippen molar-refractivity contribution in [3.63, 3.8) is 0 Å². The molecule has 156 valence electrons. The first-order valence-electron chi connectivity index (χ1n) is 10.4. The van der Waals surface area contributed by atoms with Gasteiger partial charge in [-0.15, -0.1) is 0 Å². The summed E-state index contributed by atoms with van der Waals surface area (Å²) in [5, 5.41) is 18.4. The van der Waals surface area contributed by atoms with Crippen LogP contribution in [-0.2, 0) is 24.4 Å². The highest BCUT2D eigenvalue weighted by Gasteiger charge is 2.23. The first-order chi connectivity index (χ1) is 15.7. The smallest absolute Gasteiger partial charge is 0.264 e. The Hall–Kier alpha value is -4.35. The van der Waals surface area contributed by atoms with Crippen molar-refractivity contribution in [2.24, 2.45) is 0 Å². The Bertz CT molecular complexity index is 1230. The molecule has 3 aromatic carbocycles. The molecule has 0 saturated carbocycles. The second kappa shape index (κ2) is 9.64. The maximum Gasteiger partial charge on any atom is 0.264 e. The van der Waals surface area contributed by atoms with Gasteiger partial charge in [-0.25, -0.2) is 0 Å². The van der Waals surface area contributed by atoms with Crippen molar-refractivity contribution < 1.29 is 9.53 Å². The van der Waals surface area contributed by atoms with Crippen LogP contribution in [0, 0.1) is 22.7 Å². The van der Waals surface area contributed by atoms with Gasteiger partial charge in [0.25, 0.3) is 5.91 Å². The van der Waals surface area contributed by atoms with Gasteiger partial charge in [0.05, 0.1) is 11.6 Å². The van der Waals surface area contributed by atoms with Gasteiger partial charge in [-0.05, 0) is 59.0 Å². The second-order valence-corrected chi connectivity index (χ2v) is 7.58. The van der Waals surface area contributed by atoms with E-state index in [9.17, 15) is 10.1 Å².